The van der Waals surface area contributed by atoms with E-state index < -0.39 is 11.7 Å². The molecule has 0 heterocycles. The van der Waals surface area contributed by atoms with Gasteiger partial charge < -0.3 is 10.1 Å². The lowest BCUT2D eigenvalue weighted by molar-refractivity contribution is 0.0932. The van der Waals surface area contributed by atoms with Crippen molar-refractivity contribution < 1.29 is 13.9 Å². The smallest absolute Gasteiger partial charge is 0.254 e. The number of nitrogens with one attached hydrogen (secondary N) is 1. The third kappa shape index (κ3) is 4.71. The first-order valence-corrected chi connectivity index (χ1v) is 6.71. The Morgan fingerprint density at radius 1 is 1.47 bits per heavy atom. The molecule has 1 aromatic carbocycles. The first-order valence-electron chi connectivity index (χ1n) is 6.18. The van der Waals surface area contributed by atoms with Crippen LogP contribution >= 0.6 is 11.6 Å². The number of benzene rings is 1. The van der Waals surface area contributed by atoms with E-state index in [9.17, 15) is 9.18 Å². The van der Waals surface area contributed by atoms with Gasteiger partial charge in [0, 0.05) is 18.0 Å². The number of methoxy groups -OCH3 is 1. The summed E-state index contributed by atoms with van der Waals surface area (Å²) in [6.45, 7) is 4.08. The van der Waals surface area contributed by atoms with Crippen LogP contribution in [0.1, 0.15) is 30.6 Å². The van der Waals surface area contributed by atoms with Crippen molar-refractivity contribution in [2.45, 2.75) is 26.3 Å². The number of halogens is 2. The van der Waals surface area contributed by atoms with E-state index in [-0.39, 0.29) is 11.6 Å². The summed E-state index contributed by atoms with van der Waals surface area (Å²) in [6, 6.07) is 3.99. The van der Waals surface area contributed by atoms with Crippen molar-refractivity contribution in [3.8, 4) is 5.75 Å². The van der Waals surface area contributed by atoms with Gasteiger partial charge in [0.05, 0.1) is 12.7 Å². The van der Waals surface area contributed by atoms with Crippen LogP contribution in [0.15, 0.2) is 18.2 Å². The molecule has 0 saturated heterocycles. The lowest BCUT2D eigenvalue weighted by Crippen LogP contribution is -2.37. The van der Waals surface area contributed by atoms with Crippen LogP contribution in [0, 0.1) is 11.7 Å². The first-order chi connectivity index (χ1) is 8.97. The first kappa shape index (κ1) is 15.8. The maximum atomic E-state index is 13.7. The second kappa shape index (κ2) is 7.34. The van der Waals surface area contributed by atoms with Crippen LogP contribution in [0.2, 0.25) is 0 Å². The van der Waals surface area contributed by atoms with E-state index in [0.717, 1.165) is 6.42 Å². The third-order valence-electron chi connectivity index (χ3n) is 2.70. The van der Waals surface area contributed by atoms with Gasteiger partial charge >= 0.3 is 0 Å². The molecule has 0 aliphatic carbocycles. The molecule has 19 heavy (non-hydrogen) atoms. The predicted octanol–water partition coefficient (Wildman–Crippen LogP) is 3.22. The molecule has 0 saturated carbocycles. The van der Waals surface area contributed by atoms with Crippen molar-refractivity contribution in [2.24, 2.45) is 5.92 Å². The van der Waals surface area contributed by atoms with Crippen LogP contribution in [-0.4, -0.2) is 24.9 Å². The fraction of sp³-hybridized carbons (Fsp3) is 0.500. The quantitative estimate of drug-likeness (QED) is 0.816. The van der Waals surface area contributed by atoms with E-state index >= 15 is 0 Å². The molecule has 1 rings (SSSR count). The van der Waals surface area contributed by atoms with Crippen LogP contribution in [0.25, 0.3) is 0 Å². The van der Waals surface area contributed by atoms with Crippen LogP contribution in [0.5, 0.6) is 5.75 Å². The van der Waals surface area contributed by atoms with Crippen molar-refractivity contribution in [1.29, 1.82) is 0 Å². The Morgan fingerprint density at radius 2 is 2.16 bits per heavy atom. The largest absolute Gasteiger partial charge is 0.497 e. The highest BCUT2D eigenvalue weighted by Gasteiger charge is 2.17. The molecule has 0 fully saturated rings. The Hall–Kier alpha value is -1.29. The summed E-state index contributed by atoms with van der Waals surface area (Å²) in [5, 5.41) is 2.74. The predicted molar refractivity (Wildman–Crippen MR) is 74.4 cm³/mol. The molecule has 1 unspecified atom stereocenters. The van der Waals surface area contributed by atoms with Crippen LogP contribution in [0.4, 0.5) is 4.39 Å². The van der Waals surface area contributed by atoms with Crippen LogP contribution < -0.4 is 10.1 Å². The Labute approximate surface area is 118 Å². The lowest BCUT2D eigenvalue weighted by atomic mass is 10.0. The van der Waals surface area contributed by atoms with Crippen molar-refractivity contribution in [2.75, 3.05) is 13.0 Å². The van der Waals surface area contributed by atoms with Crippen molar-refractivity contribution in [1.82, 2.24) is 5.32 Å². The standard InChI is InChI=1S/C14H19ClFNO2/c1-9(2)6-10(8-15)17-14(18)12-5-4-11(19-3)7-13(12)16/h4-5,7,9-10H,6,8H2,1-3H3,(H,17,18). The summed E-state index contributed by atoms with van der Waals surface area (Å²) < 4.78 is 18.6. The second-order valence-corrected chi connectivity index (χ2v) is 5.11. The van der Waals surface area contributed by atoms with Gasteiger partial charge in [0.2, 0.25) is 0 Å². The number of hydrogen-bond donors (Lipinski definition) is 1. The fourth-order valence-electron chi connectivity index (χ4n) is 1.80. The minimum atomic E-state index is -0.602. The number of hydrogen-bond acceptors (Lipinski definition) is 2. The van der Waals surface area contributed by atoms with Gasteiger partial charge in [-0.05, 0) is 24.5 Å². The molecule has 0 radical (unpaired) electrons. The van der Waals surface area contributed by atoms with Crippen molar-refractivity contribution in [3.05, 3.63) is 29.6 Å². The van der Waals surface area contributed by atoms with Gasteiger partial charge in [-0.25, -0.2) is 4.39 Å². The highest BCUT2D eigenvalue weighted by atomic mass is 35.5. The number of rotatable bonds is 6. The highest BCUT2D eigenvalue weighted by molar-refractivity contribution is 6.18. The number of carbonyl (C=O) groups is 1. The van der Waals surface area contributed by atoms with Crippen molar-refractivity contribution in [3.63, 3.8) is 0 Å². The molecular weight excluding hydrogens is 269 g/mol. The summed E-state index contributed by atoms with van der Waals surface area (Å²) in [6.07, 6.45) is 0.757. The molecule has 0 aromatic heterocycles. The zero-order chi connectivity index (χ0) is 14.4. The fourth-order valence-corrected chi connectivity index (χ4v) is 2.00. The zero-order valence-electron chi connectivity index (χ0n) is 11.4. The molecule has 106 valence electrons. The Balaban J connectivity index is 2.77. The lowest BCUT2D eigenvalue weighted by Gasteiger charge is -2.18. The average Bonchev–Trinajstić information content (AvgIpc) is 2.36. The van der Waals surface area contributed by atoms with E-state index in [1.54, 1.807) is 6.07 Å². The number of carbonyl (C=O) groups excluding carboxylic acids is 1. The monoisotopic (exact) mass is 287 g/mol. The molecule has 0 aliphatic rings. The summed E-state index contributed by atoms with van der Waals surface area (Å²) in [5.74, 6) is 0.0397. The maximum absolute atomic E-state index is 13.7. The molecule has 1 amide bonds. The average molecular weight is 288 g/mol. The molecule has 0 bridgehead atoms. The second-order valence-electron chi connectivity index (χ2n) is 4.80. The summed E-state index contributed by atoms with van der Waals surface area (Å²) in [7, 11) is 1.45. The normalized spacial score (nSPS) is 12.3. The summed E-state index contributed by atoms with van der Waals surface area (Å²) >= 11 is 5.80. The maximum Gasteiger partial charge on any atom is 0.254 e. The number of amides is 1. The Morgan fingerprint density at radius 3 is 2.63 bits per heavy atom. The molecule has 1 aromatic rings. The van der Waals surface area contributed by atoms with Crippen LogP contribution in [0.3, 0.4) is 0 Å². The molecule has 0 spiro atoms. The van der Waals surface area contributed by atoms with Gasteiger partial charge in [0.25, 0.3) is 5.91 Å². The topological polar surface area (TPSA) is 38.3 Å². The molecule has 5 heteroatoms. The van der Waals surface area contributed by atoms with Gasteiger partial charge in [-0.1, -0.05) is 13.8 Å². The molecule has 1 atom stereocenters. The van der Waals surface area contributed by atoms with E-state index in [4.69, 9.17) is 16.3 Å². The minimum Gasteiger partial charge on any atom is -0.497 e. The molecular formula is C14H19ClFNO2. The Bertz CT molecular complexity index is 437. The van der Waals surface area contributed by atoms with Gasteiger partial charge in [0.15, 0.2) is 0 Å². The van der Waals surface area contributed by atoms with Crippen LogP contribution in [-0.2, 0) is 0 Å². The van der Waals surface area contributed by atoms with Gasteiger partial charge in [-0.15, -0.1) is 11.6 Å². The molecule has 1 N–H and O–H groups in total. The molecule has 0 aliphatic heterocycles. The van der Waals surface area contributed by atoms with Gasteiger partial charge in [0.1, 0.15) is 11.6 Å². The number of ether oxygens (including phenoxy) is 1. The third-order valence-corrected chi connectivity index (χ3v) is 3.07. The van der Waals surface area contributed by atoms with Gasteiger partial charge in [-0.3, -0.25) is 4.79 Å². The SMILES string of the molecule is COc1ccc(C(=O)NC(CCl)CC(C)C)c(F)c1. The van der Waals surface area contributed by atoms with E-state index in [1.165, 1.54) is 19.2 Å². The summed E-state index contributed by atoms with van der Waals surface area (Å²) in [5.41, 5.74) is -0.000303. The number of alkyl halides is 1. The van der Waals surface area contributed by atoms with E-state index in [2.05, 4.69) is 5.32 Å². The van der Waals surface area contributed by atoms with E-state index in [0.29, 0.717) is 17.5 Å². The van der Waals surface area contributed by atoms with Gasteiger partial charge in [-0.2, -0.15) is 0 Å². The zero-order valence-corrected chi connectivity index (χ0v) is 12.1. The minimum absolute atomic E-state index is 0.000303. The van der Waals surface area contributed by atoms with E-state index in [1.807, 2.05) is 13.8 Å². The Kier molecular flexibility index (Phi) is 6.09. The molecule has 3 nitrogen and oxygen atoms in total. The highest BCUT2D eigenvalue weighted by Crippen LogP contribution is 2.16. The van der Waals surface area contributed by atoms with Crippen molar-refractivity contribution >= 4 is 17.5 Å². The summed E-state index contributed by atoms with van der Waals surface area (Å²) in [4.78, 5) is 12.0.